The summed E-state index contributed by atoms with van der Waals surface area (Å²) in [7, 11) is 0. The van der Waals surface area contributed by atoms with Gasteiger partial charge in [-0.15, -0.1) is 24.8 Å². The second-order valence-corrected chi connectivity index (χ2v) is 17.5. The molecular formula is C24H27Cl2Zr. The van der Waals surface area contributed by atoms with Gasteiger partial charge in [-0.05, 0) is 0 Å². The van der Waals surface area contributed by atoms with Crippen molar-refractivity contribution in [1.29, 1.82) is 0 Å². The van der Waals surface area contributed by atoms with Gasteiger partial charge in [0, 0.05) is 0 Å². The van der Waals surface area contributed by atoms with Crippen LogP contribution in [0.25, 0.3) is 6.08 Å². The van der Waals surface area contributed by atoms with Gasteiger partial charge in [0.15, 0.2) is 0 Å². The van der Waals surface area contributed by atoms with Crippen molar-refractivity contribution in [2.45, 2.75) is 28.5 Å². The normalized spacial score (nSPS) is 19.5. The van der Waals surface area contributed by atoms with Gasteiger partial charge in [-0.2, -0.15) is 0 Å². The van der Waals surface area contributed by atoms with E-state index in [9.17, 15) is 0 Å². The number of benzene rings is 2. The third kappa shape index (κ3) is 4.07. The molecule has 0 aliphatic heterocycles. The third-order valence-corrected chi connectivity index (χ3v) is 17.3. The van der Waals surface area contributed by atoms with Crippen LogP contribution in [0.2, 0.25) is 4.63 Å². The van der Waals surface area contributed by atoms with Crippen LogP contribution in [-0.2, 0) is 19.8 Å². The molecular weight excluding hydrogens is 450 g/mol. The van der Waals surface area contributed by atoms with Gasteiger partial charge in [-0.1, -0.05) is 0 Å². The van der Waals surface area contributed by atoms with Crippen molar-refractivity contribution in [3.63, 3.8) is 0 Å². The fraction of sp³-hybridized carbons (Fsp3) is 0.208. The quantitative estimate of drug-likeness (QED) is 0.436. The second kappa shape index (κ2) is 9.00. The molecule has 0 bridgehead atoms. The molecule has 27 heavy (non-hydrogen) atoms. The molecule has 2 aliphatic rings. The Bertz CT molecular complexity index is 965. The standard InChI is InChI=1S/C9H7.C7H9.C7H6.CH3.2ClH.Zr/c1-2-5-9-7-3-6-8(9)4-1;1-6-4-3-5-7(6)2;1-7-5-3-2-4-6-7;;;;/h1-7H;4H,3H2,1-2H3;1-6H;1H3;2*1H;. The number of rotatable bonds is 3. The summed E-state index contributed by atoms with van der Waals surface area (Å²) in [5, 5.41) is 0. The van der Waals surface area contributed by atoms with E-state index in [1.165, 1.54) is 22.3 Å². The minimum absolute atomic E-state index is 0. The van der Waals surface area contributed by atoms with Gasteiger partial charge in [-0.3, -0.25) is 0 Å². The van der Waals surface area contributed by atoms with Crippen molar-refractivity contribution >= 4 is 34.6 Å². The van der Waals surface area contributed by atoms with Crippen molar-refractivity contribution in [1.82, 2.24) is 0 Å². The molecule has 4 rings (SSSR count). The molecule has 0 radical (unpaired) electrons. The first kappa shape index (κ1) is 22.3. The number of halogens is 2. The summed E-state index contributed by atoms with van der Waals surface area (Å²) in [6, 6.07) is 19.9. The predicted molar refractivity (Wildman–Crippen MR) is 121 cm³/mol. The average molecular weight is 478 g/mol. The van der Waals surface area contributed by atoms with E-state index in [0.29, 0.717) is 3.63 Å². The zero-order valence-electron chi connectivity index (χ0n) is 16.1. The van der Waals surface area contributed by atoms with E-state index in [2.05, 4.69) is 95.0 Å². The monoisotopic (exact) mass is 475 g/mol. The topological polar surface area (TPSA) is 0 Å². The fourth-order valence-electron chi connectivity index (χ4n) is 4.46. The summed E-state index contributed by atoms with van der Waals surface area (Å²) >= 11 is -2.81. The second-order valence-electron chi connectivity index (χ2n) is 7.50. The Labute approximate surface area is 179 Å². The van der Waals surface area contributed by atoms with Gasteiger partial charge in [-0.25, -0.2) is 0 Å². The first-order valence-corrected chi connectivity index (χ1v) is 15.7. The Morgan fingerprint density at radius 1 is 0.926 bits per heavy atom. The van der Waals surface area contributed by atoms with Crippen molar-refractivity contribution in [2.24, 2.45) is 0 Å². The number of allylic oxidation sites excluding steroid dienone is 5. The molecule has 0 nitrogen and oxygen atoms in total. The molecule has 2 atom stereocenters. The van der Waals surface area contributed by atoms with Crippen LogP contribution in [0.15, 0.2) is 81.2 Å². The molecule has 0 saturated heterocycles. The van der Waals surface area contributed by atoms with E-state index in [-0.39, 0.29) is 24.8 Å². The smallest absolute Gasteiger partial charge is 0.147 e. The van der Waals surface area contributed by atoms with Crippen molar-refractivity contribution < 1.29 is 19.8 Å². The molecule has 141 valence electrons. The van der Waals surface area contributed by atoms with Gasteiger partial charge in [0.25, 0.3) is 0 Å². The van der Waals surface area contributed by atoms with Crippen LogP contribution >= 0.6 is 24.8 Å². The summed E-state index contributed by atoms with van der Waals surface area (Å²) in [6.45, 7) is 4.61. The van der Waals surface area contributed by atoms with Crippen LogP contribution in [0.1, 0.15) is 40.6 Å². The minimum atomic E-state index is -2.81. The van der Waals surface area contributed by atoms with Gasteiger partial charge >= 0.3 is 156 Å². The van der Waals surface area contributed by atoms with E-state index in [1.54, 1.807) is 8.85 Å². The van der Waals surface area contributed by atoms with Crippen LogP contribution in [0.4, 0.5) is 0 Å². The van der Waals surface area contributed by atoms with E-state index < -0.39 is 19.8 Å². The van der Waals surface area contributed by atoms with Crippen molar-refractivity contribution in [2.75, 3.05) is 0 Å². The Balaban J connectivity index is 0.00000131. The third-order valence-electron chi connectivity index (χ3n) is 6.02. The number of hydrogen-bond acceptors (Lipinski definition) is 0. The maximum atomic E-state index is 2.69. The van der Waals surface area contributed by atoms with Gasteiger partial charge in [0.1, 0.15) is 0 Å². The maximum absolute atomic E-state index is 2.81. The summed E-state index contributed by atoms with van der Waals surface area (Å²) in [5.74, 6) is 0. The van der Waals surface area contributed by atoms with Gasteiger partial charge < -0.3 is 0 Å². The molecule has 2 aliphatic carbocycles. The minimum Gasteiger partial charge on any atom is -0.147 e. The number of fused-ring (bicyclic) bond motifs is 1. The Kier molecular flexibility index (Phi) is 7.42. The predicted octanol–water partition coefficient (Wildman–Crippen LogP) is 7.27. The zero-order valence-corrected chi connectivity index (χ0v) is 20.2. The molecule has 0 amide bonds. The van der Waals surface area contributed by atoms with Crippen LogP contribution in [0.3, 0.4) is 0 Å². The van der Waals surface area contributed by atoms with Gasteiger partial charge in [0.2, 0.25) is 0 Å². The van der Waals surface area contributed by atoms with E-state index in [1.807, 2.05) is 0 Å². The Hall–Kier alpha value is -1.01. The first-order chi connectivity index (χ1) is 12.1. The molecule has 0 aromatic heterocycles. The van der Waals surface area contributed by atoms with Crippen molar-refractivity contribution in [3.05, 3.63) is 97.9 Å². The summed E-state index contributed by atoms with van der Waals surface area (Å²) in [5.41, 5.74) is 7.39. The zero-order chi connectivity index (χ0) is 17.4. The molecule has 0 fully saturated rings. The summed E-state index contributed by atoms with van der Waals surface area (Å²) < 4.78 is 7.68. The van der Waals surface area contributed by atoms with Crippen molar-refractivity contribution in [3.8, 4) is 0 Å². The molecule has 3 heteroatoms. The molecule has 0 N–H and O–H groups in total. The van der Waals surface area contributed by atoms with Gasteiger partial charge in [0.05, 0.1) is 0 Å². The molecule has 0 saturated carbocycles. The first-order valence-electron chi connectivity index (χ1n) is 9.15. The molecule has 2 unspecified atom stereocenters. The average Bonchev–Trinajstić information content (AvgIpc) is 3.20. The van der Waals surface area contributed by atoms with Crippen LogP contribution in [0.5, 0.6) is 0 Å². The van der Waals surface area contributed by atoms with Crippen LogP contribution in [0, 0.1) is 0 Å². The fourth-order valence-corrected chi connectivity index (χ4v) is 15.7. The molecule has 2 aromatic rings. The molecule has 2 aromatic carbocycles. The Morgan fingerprint density at radius 3 is 2.26 bits per heavy atom. The van der Waals surface area contributed by atoms with Crippen LogP contribution < -0.4 is 0 Å². The largest absolute Gasteiger partial charge is 0.147 e. The maximum Gasteiger partial charge on any atom is -0.147 e. The SMILES string of the molecule is CC1=CC[C]([Zr]([CH3])(=[CH]c2ccccc2)[CH]2C=Cc3ccccc32)=C1C.Cl.Cl. The van der Waals surface area contributed by atoms with E-state index in [4.69, 9.17) is 0 Å². The Morgan fingerprint density at radius 2 is 1.59 bits per heavy atom. The van der Waals surface area contributed by atoms with Crippen LogP contribution in [-0.4, -0.2) is 3.71 Å². The summed E-state index contributed by atoms with van der Waals surface area (Å²) in [6.07, 6.45) is 8.43. The summed E-state index contributed by atoms with van der Waals surface area (Å²) in [4.78, 5) is 0. The number of hydrogen-bond donors (Lipinski definition) is 0. The molecule has 0 spiro atoms. The molecule has 0 heterocycles. The van der Waals surface area contributed by atoms with E-state index in [0.717, 1.165) is 6.42 Å². The van der Waals surface area contributed by atoms with E-state index >= 15 is 0 Å².